The Morgan fingerprint density at radius 3 is 2.25 bits per heavy atom. The molecule has 0 bridgehead atoms. The van der Waals surface area contributed by atoms with Crippen molar-refractivity contribution in [1.29, 1.82) is 0 Å². The van der Waals surface area contributed by atoms with Crippen LogP contribution in [0.2, 0.25) is 0 Å². The molecule has 8 nitrogen and oxygen atoms in total. The highest BCUT2D eigenvalue weighted by molar-refractivity contribution is 5.92. The Hall–Kier alpha value is -2.74. The normalized spacial score (nSPS) is 14.8. The van der Waals surface area contributed by atoms with Crippen LogP contribution in [0.15, 0.2) is 18.2 Å². The molecule has 0 aromatic heterocycles. The number of hydrogen-bond donors (Lipinski definition) is 0. The lowest BCUT2D eigenvalue weighted by atomic mass is 10.1. The Bertz CT molecular complexity index is 711. The predicted octanol–water partition coefficient (Wildman–Crippen LogP) is 1.43. The van der Waals surface area contributed by atoms with Crippen LogP contribution >= 0.6 is 0 Å². The van der Waals surface area contributed by atoms with Crippen LogP contribution in [0.5, 0.6) is 17.2 Å². The molecule has 2 rings (SSSR count). The fourth-order valence-corrected chi connectivity index (χ4v) is 3.04. The molecule has 0 unspecified atom stereocenters. The Morgan fingerprint density at radius 2 is 1.68 bits per heavy atom. The molecule has 1 aliphatic heterocycles. The summed E-state index contributed by atoms with van der Waals surface area (Å²) < 4.78 is 21.0. The first-order valence-corrected chi connectivity index (χ1v) is 9.17. The second-order valence-electron chi connectivity index (χ2n) is 6.16. The van der Waals surface area contributed by atoms with Crippen LogP contribution in [0.3, 0.4) is 0 Å². The van der Waals surface area contributed by atoms with Crippen molar-refractivity contribution in [2.45, 2.75) is 6.92 Å². The van der Waals surface area contributed by atoms with Crippen molar-refractivity contribution in [3.05, 3.63) is 23.8 Å². The van der Waals surface area contributed by atoms with Crippen molar-refractivity contribution >= 4 is 18.0 Å². The number of methoxy groups -OCH3 is 3. The third-order valence-corrected chi connectivity index (χ3v) is 4.48. The number of carbonyl (C=O) groups excluding carboxylic acids is 2. The molecule has 1 aromatic rings. The summed E-state index contributed by atoms with van der Waals surface area (Å²) in [5.41, 5.74) is 0.717. The maximum absolute atomic E-state index is 12.5. The summed E-state index contributed by atoms with van der Waals surface area (Å²) in [6.07, 6.45) is 3.22. The molecule has 1 amide bonds. The molecule has 0 spiro atoms. The number of piperazine rings is 1. The Labute approximate surface area is 165 Å². The molecule has 28 heavy (non-hydrogen) atoms. The van der Waals surface area contributed by atoms with Gasteiger partial charge in [-0.05, 0) is 25.1 Å². The molecule has 1 aromatic carbocycles. The van der Waals surface area contributed by atoms with Gasteiger partial charge in [-0.15, -0.1) is 0 Å². The number of amides is 1. The van der Waals surface area contributed by atoms with Crippen molar-refractivity contribution in [2.75, 3.05) is 60.7 Å². The van der Waals surface area contributed by atoms with Gasteiger partial charge in [-0.1, -0.05) is 0 Å². The molecule has 0 radical (unpaired) electrons. The van der Waals surface area contributed by atoms with E-state index < -0.39 is 0 Å². The van der Waals surface area contributed by atoms with E-state index in [1.165, 1.54) is 13.2 Å². The summed E-state index contributed by atoms with van der Waals surface area (Å²) in [5, 5.41) is 0. The van der Waals surface area contributed by atoms with E-state index >= 15 is 0 Å². The fourth-order valence-electron chi connectivity index (χ4n) is 3.04. The van der Waals surface area contributed by atoms with Gasteiger partial charge in [0.05, 0.1) is 34.5 Å². The summed E-state index contributed by atoms with van der Waals surface area (Å²) in [6, 6.07) is 3.57. The van der Waals surface area contributed by atoms with Gasteiger partial charge < -0.3 is 23.8 Å². The highest BCUT2D eigenvalue weighted by Crippen LogP contribution is 2.40. The van der Waals surface area contributed by atoms with Crippen LogP contribution in [0.1, 0.15) is 12.5 Å². The van der Waals surface area contributed by atoms with Crippen LogP contribution in [0.25, 0.3) is 6.08 Å². The Balaban J connectivity index is 1.98. The van der Waals surface area contributed by atoms with Crippen LogP contribution in [-0.4, -0.2) is 82.3 Å². The number of carbonyl (C=O) groups is 2. The molecule has 1 fully saturated rings. The van der Waals surface area contributed by atoms with Gasteiger partial charge in [-0.2, -0.15) is 0 Å². The highest BCUT2D eigenvalue weighted by atomic mass is 16.5. The van der Waals surface area contributed by atoms with E-state index in [1.807, 2.05) is 4.90 Å². The molecule has 154 valence electrons. The second-order valence-corrected chi connectivity index (χ2v) is 6.16. The minimum atomic E-state index is -0.234. The van der Waals surface area contributed by atoms with E-state index in [0.717, 1.165) is 5.56 Å². The van der Waals surface area contributed by atoms with Gasteiger partial charge in [-0.25, -0.2) is 0 Å². The summed E-state index contributed by atoms with van der Waals surface area (Å²) in [6.45, 7) is 4.82. The lowest BCUT2D eigenvalue weighted by molar-refractivity contribution is -0.145. The van der Waals surface area contributed by atoms with Crippen LogP contribution in [-0.2, 0) is 14.3 Å². The fraction of sp³-hybridized carbons (Fsp3) is 0.500. The van der Waals surface area contributed by atoms with Gasteiger partial charge in [0.25, 0.3) is 0 Å². The van der Waals surface area contributed by atoms with Gasteiger partial charge in [0.1, 0.15) is 0 Å². The number of esters is 1. The molecule has 1 aliphatic rings. The third-order valence-electron chi connectivity index (χ3n) is 4.48. The monoisotopic (exact) mass is 392 g/mol. The summed E-state index contributed by atoms with van der Waals surface area (Å²) >= 11 is 0. The van der Waals surface area contributed by atoms with Crippen LogP contribution in [0, 0.1) is 0 Å². The minimum absolute atomic E-state index is 0.0902. The van der Waals surface area contributed by atoms with E-state index in [-0.39, 0.29) is 18.4 Å². The van der Waals surface area contributed by atoms with Gasteiger partial charge in [0.2, 0.25) is 11.7 Å². The maximum atomic E-state index is 12.5. The molecular formula is C20H28N2O6. The van der Waals surface area contributed by atoms with Crippen molar-refractivity contribution in [2.24, 2.45) is 0 Å². The topological polar surface area (TPSA) is 77.5 Å². The summed E-state index contributed by atoms with van der Waals surface area (Å²) in [4.78, 5) is 27.8. The quantitative estimate of drug-likeness (QED) is 0.489. The number of rotatable bonds is 8. The molecule has 0 atom stereocenters. The van der Waals surface area contributed by atoms with Crippen molar-refractivity contribution < 1.29 is 28.5 Å². The van der Waals surface area contributed by atoms with E-state index in [4.69, 9.17) is 18.9 Å². The zero-order chi connectivity index (χ0) is 20.5. The smallest absolute Gasteiger partial charge is 0.320 e. The summed E-state index contributed by atoms with van der Waals surface area (Å²) in [7, 11) is 4.63. The van der Waals surface area contributed by atoms with Crippen molar-refractivity contribution in [3.63, 3.8) is 0 Å². The Morgan fingerprint density at radius 1 is 1.00 bits per heavy atom. The number of ether oxygens (including phenoxy) is 4. The van der Waals surface area contributed by atoms with Gasteiger partial charge in [0, 0.05) is 37.8 Å². The largest absolute Gasteiger partial charge is 0.493 e. The zero-order valence-electron chi connectivity index (χ0n) is 16.9. The molecular weight excluding hydrogens is 364 g/mol. The first kappa shape index (κ1) is 21.6. The van der Waals surface area contributed by atoms with Crippen molar-refractivity contribution in [3.8, 4) is 17.2 Å². The van der Waals surface area contributed by atoms with Crippen LogP contribution in [0.4, 0.5) is 0 Å². The zero-order valence-corrected chi connectivity index (χ0v) is 16.9. The molecule has 1 heterocycles. The van der Waals surface area contributed by atoms with E-state index in [0.29, 0.717) is 50.0 Å². The number of nitrogens with zero attached hydrogens (tertiary/aromatic N) is 2. The standard InChI is InChI=1S/C20H28N2O6/c1-5-28-18(24)14-21-10-12-22(13-11-21)17(23)9-7-15-6-8-16(25-2)20(27-4)19(15)26-3/h6-9H,5,10-14H2,1-4H3/b9-7+. The first-order valence-electron chi connectivity index (χ1n) is 9.17. The van der Waals surface area contributed by atoms with Gasteiger partial charge in [0.15, 0.2) is 11.5 Å². The first-order chi connectivity index (χ1) is 13.5. The minimum Gasteiger partial charge on any atom is -0.493 e. The van der Waals surface area contributed by atoms with E-state index in [1.54, 1.807) is 44.3 Å². The van der Waals surface area contributed by atoms with Gasteiger partial charge in [-0.3, -0.25) is 14.5 Å². The third kappa shape index (κ3) is 5.39. The predicted molar refractivity (Wildman–Crippen MR) is 105 cm³/mol. The average molecular weight is 392 g/mol. The average Bonchev–Trinajstić information content (AvgIpc) is 2.71. The number of benzene rings is 1. The highest BCUT2D eigenvalue weighted by Gasteiger charge is 2.22. The number of hydrogen-bond acceptors (Lipinski definition) is 7. The maximum Gasteiger partial charge on any atom is 0.320 e. The lowest BCUT2D eigenvalue weighted by Gasteiger charge is -2.33. The molecule has 0 aliphatic carbocycles. The van der Waals surface area contributed by atoms with E-state index in [2.05, 4.69) is 0 Å². The molecule has 1 saturated heterocycles. The lowest BCUT2D eigenvalue weighted by Crippen LogP contribution is -2.49. The van der Waals surface area contributed by atoms with Gasteiger partial charge >= 0.3 is 5.97 Å². The SMILES string of the molecule is CCOC(=O)CN1CCN(C(=O)/C=C/c2ccc(OC)c(OC)c2OC)CC1. The van der Waals surface area contributed by atoms with E-state index in [9.17, 15) is 9.59 Å². The Kier molecular flexibility index (Phi) is 8.13. The van der Waals surface area contributed by atoms with Crippen LogP contribution < -0.4 is 14.2 Å². The molecule has 0 saturated carbocycles. The molecule has 0 N–H and O–H groups in total. The second kappa shape index (κ2) is 10.6. The molecule has 8 heteroatoms. The van der Waals surface area contributed by atoms with Crippen molar-refractivity contribution in [1.82, 2.24) is 9.80 Å². The summed E-state index contributed by atoms with van der Waals surface area (Å²) in [5.74, 6) is 1.22.